The van der Waals surface area contributed by atoms with Crippen molar-refractivity contribution in [1.29, 1.82) is 0 Å². The van der Waals surface area contributed by atoms with E-state index >= 15 is 0 Å². The molecule has 0 saturated carbocycles. The van der Waals surface area contributed by atoms with Gasteiger partial charge in [-0.2, -0.15) is 0 Å². The molecular weight excluding hydrogens is 410 g/mol. The van der Waals surface area contributed by atoms with Gasteiger partial charge in [-0.05, 0) is 75.5 Å². The zero-order chi connectivity index (χ0) is 23.3. The molecule has 2 aromatic carbocycles. The molecule has 1 aliphatic rings. The Balaban J connectivity index is 0.000000534. The molecular formula is C25H31NO6. The molecule has 7 heteroatoms. The number of carbonyl (C=O) groups is 3. The summed E-state index contributed by atoms with van der Waals surface area (Å²) in [5, 5.41) is 14.8. The highest BCUT2D eigenvalue weighted by Crippen LogP contribution is 2.17. The van der Waals surface area contributed by atoms with Gasteiger partial charge < -0.3 is 19.8 Å². The van der Waals surface area contributed by atoms with E-state index in [1.165, 1.54) is 38.9 Å². The van der Waals surface area contributed by atoms with Gasteiger partial charge in [-0.15, -0.1) is 0 Å². The molecule has 1 saturated heterocycles. The highest BCUT2D eigenvalue weighted by Gasteiger charge is 2.14. The molecule has 3 rings (SSSR count). The van der Waals surface area contributed by atoms with E-state index in [1.54, 1.807) is 0 Å². The first-order valence-corrected chi connectivity index (χ1v) is 10.9. The highest BCUT2D eigenvalue weighted by atomic mass is 16.5. The topological polar surface area (TPSA) is 104 Å². The number of ether oxygens (including phenoxy) is 1. The number of nitrogens with zero attached hydrogens (tertiary/aromatic N) is 1. The minimum Gasteiger partial charge on any atom is -0.494 e. The Morgan fingerprint density at radius 3 is 2.00 bits per heavy atom. The Bertz CT molecular complexity index is 846. The molecule has 0 radical (unpaired) electrons. The molecule has 0 amide bonds. The molecule has 2 aromatic rings. The van der Waals surface area contributed by atoms with Crippen molar-refractivity contribution in [2.45, 2.75) is 32.6 Å². The van der Waals surface area contributed by atoms with Crippen LogP contribution in [0.4, 0.5) is 0 Å². The molecule has 0 aromatic heterocycles. The van der Waals surface area contributed by atoms with Crippen molar-refractivity contribution in [1.82, 2.24) is 4.90 Å². The minimum absolute atomic E-state index is 0.0491. The summed E-state index contributed by atoms with van der Waals surface area (Å²) in [5.74, 6) is -1.87. The fourth-order valence-corrected chi connectivity index (χ4v) is 3.37. The number of hydrogen-bond donors (Lipinski definition) is 2. The van der Waals surface area contributed by atoms with Crippen molar-refractivity contribution in [3.05, 3.63) is 65.7 Å². The summed E-state index contributed by atoms with van der Waals surface area (Å²) in [6, 6.07) is 16.8. The van der Waals surface area contributed by atoms with Gasteiger partial charge in [0.25, 0.3) is 0 Å². The normalized spacial score (nSPS) is 14.2. The standard InChI is InChI=1S/C23H29NO2.C2H2O4/c1-19-13-16-24(17-14-19)15-5-6-18-26-22-11-9-21(10-12-22)23(25)20-7-3-2-4-8-20;3-1(4)2(5)6/h2-4,7-12,19H,5-6,13-18H2,1H3;(H,3,4)(H,5,6). The Hall–Kier alpha value is -3.19. The zero-order valence-electron chi connectivity index (χ0n) is 18.4. The molecule has 0 bridgehead atoms. The monoisotopic (exact) mass is 441 g/mol. The van der Waals surface area contributed by atoms with Crippen LogP contribution in [0.1, 0.15) is 48.5 Å². The largest absolute Gasteiger partial charge is 0.494 e. The lowest BCUT2D eigenvalue weighted by atomic mass is 9.99. The van der Waals surface area contributed by atoms with Crippen molar-refractivity contribution >= 4 is 17.7 Å². The first-order chi connectivity index (χ1) is 15.4. The molecule has 0 aliphatic carbocycles. The SMILES string of the molecule is CC1CCN(CCCCOc2ccc(C(=O)c3ccccc3)cc2)CC1.O=C(O)C(=O)O. The first-order valence-electron chi connectivity index (χ1n) is 10.9. The van der Waals surface area contributed by atoms with Crippen molar-refractivity contribution in [2.75, 3.05) is 26.2 Å². The van der Waals surface area contributed by atoms with E-state index in [9.17, 15) is 4.79 Å². The smallest absolute Gasteiger partial charge is 0.414 e. The van der Waals surface area contributed by atoms with Crippen molar-refractivity contribution in [2.24, 2.45) is 5.92 Å². The quantitative estimate of drug-likeness (QED) is 0.363. The van der Waals surface area contributed by atoms with Crippen molar-refractivity contribution in [3.8, 4) is 5.75 Å². The van der Waals surface area contributed by atoms with Crippen LogP contribution in [-0.2, 0) is 9.59 Å². The van der Waals surface area contributed by atoms with Crippen molar-refractivity contribution in [3.63, 3.8) is 0 Å². The van der Waals surface area contributed by atoms with Crippen LogP contribution in [0, 0.1) is 5.92 Å². The van der Waals surface area contributed by atoms with Gasteiger partial charge in [0.05, 0.1) is 6.61 Å². The number of unbranched alkanes of at least 4 members (excludes halogenated alkanes) is 1. The molecule has 32 heavy (non-hydrogen) atoms. The van der Waals surface area contributed by atoms with E-state index in [0.717, 1.165) is 24.7 Å². The van der Waals surface area contributed by atoms with Gasteiger partial charge in [-0.3, -0.25) is 4.79 Å². The third-order valence-electron chi connectivity index (χ3n) is 5.35. The Labute approximate surface area is 188 Å². The second-order valence-electron chi connectivity index (χ2n) is 7.91. The summed E-state index contributed by atoms with van der Waals surface area (Å²) in [4.78, 5) is 33.2. The van der Waals surface area contributed by atoms with Gasteiger partial charge in [0.1, 0.15) is 5.75 Å². The summed E-state index contributed by atoms with van der Waals surface area (Å²) < 4.78 is 5.82. The van der Waals surface area contributed by atoms with Crippen molar-refractivity contribution < 1.29 is 29.3 Å². The lowest BCUT2D eigenvalue weighted by Crippen LogP contribution is -2.33. The number of carbonyl (C=O) groups excluding carboxylic acids is 1. The maximum absolute atomic E-state index is 12.4. The molecule has 0 spiro atoms. The maximum Gasteiger partial charge on any atom is 0.414 e. The number of carboxylic acid groups (broad SMARTS) is 2. The second kappa shape index (κ2) is 13.3. The number of ketones is 1. The van der Waals surface area contributed by atoms with E-state index in [2.05, 4.69) is 11.8 Å². The second-order valence-corrected chi connectivity index (χ2v) is 7.91. The van der Waals surface area contributed by atoms with Crippen LogP contribution in [0.3, 0.4) is 0 Å². The molecule has 2 N–H and O–H groups in total. The fraction of sp³-hybridized carbons (Fsp3) is 0.400. The number of likely N-dealkylation sites (tertiary alicyclic amines) is 1. The van der Waals surface area contributed by atoms with Gasteiger partial charge in [0.15, 0.2) is 5.78 Å². The van der Waals surface area contributed by atoms with Crippen LogP contribution in [-0.4, -0.2) is 59.1 Å². The highest BCUT2D eigenvalue weighted by molar-refractivity contribution is 6.27. The lowest BCUT2D eigenvalue weighted by molar-refractivity contribution is -0.159. The zero-order valence-corrected chi connectivity index (χ0v) is 18.4. The summed E-state index contributed by atoms with van der Waals surface area (Å²) in [5.41, 5.74) is 1.41. The summed E-state index contributed by atoms with van der Waals surface area (Å²) in [6.45, 7) is 6.76. The molecule has 1 fully saturated rings. The van der Waals surface area contributed by atoms with Gasteiger partial charge in [-0.25, -0.2) is 9.59 Å². The molecule has 1 heterocycles. The first kappa shape index (κ1) is 25.1. The predicted molar refractivity (Wildman–Crippen MR) is 121 cm³/mol. The van der Waals surface area contributed by atoms with E-state index in [0.29, 0.717) is 11.1 Å². The number of hydrogen-bond acceptors (Lipinski definition) is 5. The average Bonchev–Trinajstić information content (AvgIpc) is 2.81. The van der Waals surface area contributed by atoms with E-state index < -0.39 is 11.9 Å². The Morgan fingerprint density at radius 1 is 0.875 bits per heavy atom. The van der Waals surface area contributed by atoms with E-state index in [-0.39, 0.29) is 5.78 Å². The molecule has 172 valence electrons. The van der Waals surface area contributed by atoms with E-state index in [4.69, 9.17) is 24.5 Å². The van der Waals surface area contributed by atoms with Crippen LogP contribution in [0.2, 0.25) is 0 Å². The van der Waals surface area contributed by atoms with Gasteiger partial charge in [0.2, 0.25) is 0 Å². The van der Waals surface area contributed by atoms with Gasteiger partial charge in [-0.1, -0.05) is 37.3 Å². The molecule has 0 atom stereocenters. The summed E-state index contributed by atoms with van der Waals surface area (Å²) in [6.07, 6.45) is 4.92. The summed E-state index contributed by atoms with van der Waals surface area (Å²) >= 11 is 0. The number of rotatable bonds is 8. The number of carboxylic acids is 2. The predicted octanol–water partition coefficient (Wildman–Crippen LogP) is 3.96. The van der Waals surface area contributed by atoms with Crippen LogP contribution in [0.5, 0.6) is 5.75 Å². The molecule has 0 unspecified atom stereocenters. The lowest BCUT2D eigenvalue weighted by Gasteiger charge is -2.30. The maximum atomic E-state index is 12.4. The van der Waals surface area contributed by atoms with Gasteiger partial charge in [0, 0.05) is 11.1 Å². The van der Waals surface area contributed by atoms with Crippen LogP contribution in [0.15, 0.2) is 54.6 Å². The van der Waals surface area contributed by atoms with E-state index in [1.807, 2.05) is 54.6 Å². The third-order valence-corrected chi connectivity index (χ3v) is 5.35. The number of aliphatic carboxylic acids is 2. The minimum atomic E-state index is -1.82. The van der Waals surface area contributed by atoms with Gasteiger partial charge >= 0.3 is 11.9 Å². The Kier molecular flexibility index (Phi) is 10.4. The van der Waals surface area contributed by atoms with Crippen LogP contribution >= 0.6 is 0 Å². The number of benzene rings is 2. The van der Waals surface area contributed by atoms with Crippen LogP contribution < -0.4 is 4.74 Å². The summed E-state index contributed by atoms with van der Waals surface area (Å²) in [7, 11) is 0. The molecule has 7 nitrogen and oxygen atoms in total. The Morgan fingerprint density at radius 2 is 1.44 bits per heavy atom. The fourth-order valence-electron chi connectivity index (χ4n) is 3.37. The van der Waals surface area contributed by atoms with Crippen LogP contribution in [0.25, 0.3) is 0 Å². The molecule has 1 aliphatic heterocycles. The third kappa shape index (κ3) is 8.89. The number of piperidine rings is 1. The average molecular weight is 442 g/mol.